The summed E-state index contributed by atoms with van der Waals surface area (Å²) in [5, 5.41) is 0. The van der Waals surface area contributed by atoms with Crippen LogP contribution in [0.15, 0.2) is 0 Å². The van der Waals surface area contributed by atoms with Gasteiger partial charge >= 0.3 is 0 Å². The van der Waals surface area contributed by atoms with Crippen molar-refractivity contribution in [2.45, 2.75) is 59.4 Å². The molecule has 0 spiro atoms. The first-order chi connectivity index (χ1) is 7.83. The summed E-state index contributed by atoms with van der Waals surface area (Å²) >= 11 is 5.11. The van der Waals surface area contributed by atoms with Crippen molar-refractivity contribution in [3.8, 4) is 0 Å². The summed E-state index contributed by atoms with van der Waals surface area (Å²) in [6.07, 6.45) is 5.03. The van der Waals surface area contributed by atoms with Gasteiger partial charge in [-0.3, -0.25) is 0 Å². The van der Waals surface area contributed by atoms with E-state index < -0.39 is 0 Å². The summed E-state index contributed by atoms with van der Waals surface area (Å²) < 4.78 is 0. The number of rotatable bonds is 5. The lowest BCUT2D eigenvalue weighted by Gasteiger charge is -2.37. The Labute approximate surface area is 112 Å². The van der Waals surface area contributed by atoms with Gasteiger partial charge in [-0.2, -0.15) is 0 Å². The van der Waals surface area contributed by atoms with Gasteiger partial charge in [0.15, 0.2) is 0 Å². The summed E-state index contributed by atoms with van der Waals surface area (Å²) in [6, 6.07) is 0.749. The van der Waals surface area contributed by atoms with Crippen molar-refractivity contribution in [1.29, 1.82) is 0 Å². The van der Waals surface area contributed by atoms with E-state index in [4.69, 9.17) is 18.0 Å². The SMILES string of the molecule is CC1CCC(C)N(CCCC(C)(C)C(N)=S)C1. The van der Waals surface area contributed by atoms with Gasteiger partial charge in [0.05, 0.1) is 4.99 Å². The molecule has 0 saturated carbocycles. The van der Waals surface area contributed by atoms with E-state index in [1.54, 1.807) is 0 Å². The van der Waals surface area contributed by atoms with E-state index in [0.717, 1.165) is 18.4 Å². The van der Waals surface area contributed by atoms with Crippen LogP contribution in [0, 0.1) is 11.3 Å². The standard InChI is InChI=1S/C14H28N2S/c1-11-6-7-12(2)16(10-11)9-5-8-14(3,4)13(15)17/h11-12H,5-10H2,1-4H3,(H2,15,17). The first-order valence-corrected chi connectivity index (χ1v) is 7.27. The number of likely N-dealkylation sites (tertiary alicyclic amines) is 1. The van der Waals surface area contributed by atoms with Crippen molar-refractivity contribution in [1.82, 2.24) is 4.90 Å². The van der Waals surface area contributed by atoms with Crippen LogP contribution in [-0.4, -0.2) is 29.0 Å². The molecular formula is C14H28N2S. The van der Waals surface area contributed by atoms with Crippen molar-refractivity contribution in [2.24, 2.45) is 17.1 Å². The third-order valence-electron chi connectivity index (χ3n) is 4.16. The highest BCUT2D eigenvalue weighted by atomic mass is 32.1. The van der Waals surface area contributed by atoms with E-state index in [1.807, 2.05) is 0 Å². The molecular weight excluding hydrogens is 228 g/mol. The highest BCUT2D eigenvalue weighted by Gasteiger charge is 2.24. The minimum atomic E-state index is 0.0139. The maximum atomic E-state index is 5.76. The normalized spacial score (nSPS) is 27.1. The average Bonchev–Trinajstić information content (AvgIpc) is 2.22. The Balaban J connectivity index is 2.32. The number of hydrogen-bond acceptors (Lipinski definition) is 2. The molecule has 2 unspecified atom stereocenters. The molecule has 2 atom stereocenters. The molecule has 1 aliphatic rings. The van der Waals surface area contributed by atoms with Crippen LogP contribution in [0.1, 0.15) is 53.4 Å². The fourth-order valence-electron chi connectivity index (χ4n) is 2.54. The highest BCUT2D eigenvalue weighted by molar-refractivity contribution is 7.80. The van der Waals surface area contributed by atoms with Crippen molar-refractivity contribution < 1.29 is 0 Å². The number of hydrogen-bond donors (Lipinski definition) is 1. The lowest BCUT2D eigenvalue weighted by Crippen LogP contribution is -2.42. The zero-order valence-electron chi connectivity index (χ0n) is 11.8. The number of nitrogens with zero attached hydrogens (tertiary/aromatic N) is 1. The molecule has 0 aromatic carbocycles. The predicted molar refractivity (Wildman–Crippen MR) is 79.2 cm³/mol. The minimum absolute atomic E-state index is 0.0139. The van der Waals surface area contributed by atoms with E-state index in [1.165, 1.54) is 32.4 Å². The van der Waals surface area contributed by atoms with Crippen molar-refractivity contribution in [2.75, 3.05) is 13.1 Å². The molecule has 1 rings (SSSR count). The van der Waals surface area contributed by atoms with Gasteiger partial charge in [0, 0.05) is 18.0 Å². The monoisotopic (exact) mass is 256 g/mol. The van der Waals surface area contributed by atoms with E-state index in [9.17, 15) is 0 Å². The summed E-state index contributed by atoms with van der Waals surface area (Å²) in [5.41, 5.74) is 5.77. The Morgan fingerprint density at radius 3 is 2.59 bits per heavy atom. The molecule has 1 saturated heterocycles. The van der Waals surface area contributed by atoms with Gasteiger partial charge in [0.1, 0.15) is 0 Å². The molecule has 3 heteroatoms. The molecule has 100 valence electrons. The fourth-order valence-corrected chi connectivity index (χ4v) is 2.64. The van der Waals surface area contributed by atoms with Crippen LogP contribution >= 0.6 is 12.2 Å². The number of piperidine rings is 1. The van der Waals surface area contributed by atoms with Crippen LogP contribution in [-0.2, 0) is 0 Å². The summed E-state index contributed by atoms with van der Waals surface area (Å²) in [7, 11) is 0. The Hall–Kier alpha value is -0.150. The minimum Gasteiger partial charge on any atom is -0.393 e. The number of nitrogens with two attached hydrogens (primary N) is 1. The summed E-state index contributed by atoms with van der Waals surface area (Å²) in [4.78, 5) is 3.28. The van der Waals surface area contributed by atoms with Crippen LogP contribution in [0.2, 0.25) is 0 Å². The van der Waals surface area contributed by atoms with Crippen LogP contribution < -0.4 is 5.73 Å². The third-order valence-corrected chi connectivity index (χ3v) is 4.71. The summed E-state index contributed by atoms with van der Waals surface area (Å²) in [5.74, 6) is 0.856. The highest BCUT2D eigenvalue weighted by Crippen LogP contribution is 2.25. The molecule has 1 heterocycles. The second kappa shape index (κ2) is 6.14. The fraction of sp³-hybridized carbons (Fsp3) is 0.929. The van der Waals surface area contributed by atoms with Crippen molar-refractivity contribution >= 4 is 17.2 Å². The zero-order chi connectivity index (χ0) is 13.1. The molecule has 0 aromatic heterocycles. The Morgan fingerprint density at radius 2 is 2.00 bits per heavy atom. The molecule has 2 N–H and O–H groups in total. The zero-order valence-corrected chi connectivity index (χ0v) is 12.6. The molecule has 0 aliphatic carbocycles. The second-order valence-corrected chi connectivity index (χ2v) is 6.82. The molecule has 17 heavy (non-hydrogen) atoms. The van der Waals surface area contributed by atoms with Gasteiger partial charge in [-0.15, -0.1) is 0 Å². The topological polar surface area (TPSA) is 29.3 Å². The van der Waals surface area contributed by atoms with Crippen LogP contribution in [0.4, 0.5) is 0 Å². The van der Waals surface area contributed by atoms with E-state index >= 15 is 0 Å². The lowest BCUT2D eigenvalue weighted by atomic mass is 9.87. The molecule has 0 amide bonds. The Morgan fingerprint density at radius 1 is 1.35 bits per heavy atom. The smallest absolute Gasteiger partial charge is 0.0784 e. The van der Waals surface area contributed by atoms with Gasteiger partial charge in [-0.05, 0) is 45.1 Å². The van der Waals surface area contributed by atoms with E-state index in [0.29, 0.717) is 4.99 Å². The molecule has 2 nitrogen and oxygen atoms in total. The summed E-state index contributed by atoms with van der Waals surface area (Å²) in [6.45, 7) is 11.5. The quantitative estimate of drug-likeness (QED) is 0.766. The molecule has 0 radical (unpaired) electrons. The lowest BCUT2D eigenvalue weighted by molar-refractivity contribution is 0.120. The van der Waals surface area contributed by atoms with Gasteiger partial charge in [-0.25, -0.2) is 0 Å². The van der Waals surface area contributed by atoms with Gasteiger partial charge in [-0.1, -0.05) is 33.0 Å². The average molecular weight is 256 g/mol. The predicted octanol–water partition coefficient (Wildman–Crippen LogP) is 3.20. The molecule has 1 fully saturated rings. The van der Waals surface area contributed by atoms with Crippen LogP contribution in [0.5, 0.6) is 0 Å². The second-order valence-electron chi connectivity index (χ2n) is 6.38. The number of thiocarbonyl (C=S) groups is 1. The van der Waals surface area contributed by atoms with Crippen molar-refractivity contribution in [3.63, 3.8) is 0 Å². The Bertz CT molecular complexity index is 263. The third kappa shape index (κ3) is 4.55. The molecule has 1 aliphatic heterocycles. The first kappa shape index (κ1) is 14.9. The van der Waals surface area contributed by atoms with Crippen LogP contribution in [0.3, 0.4) is 0 Å². The van der Waals surface area contributed by atoms with E-state index in [-0.39, 0.29) is 5.41 Å². The molecule has 0 bridgehead atoms. The maximum Gasteiger partial charge on any atom is 0.0784 e. The van der Waals surface area contributed by atoms with E-state index in [2.05, 4.69) is 32.6 Å². The van der Waals surface area contributed by atoms with Gasteiger partial charge in [0.25, 0.3) is 0 Å². The van der Waals surface area contributed by atoms with Crippen molar-refractivity contribution in [3.05, 3.63) is 0 Å². The van der Waals surface area contributed by atoms with Gasteiger partial charge < -0.3 is 10.6 Å². The van der Waals surface area contributed by atoms with Crippen LogP contribution in [0.25, 0.3) is 0 Å². The van der Waals surface area contributed by atoms with Gasteiger partial charge in [0.2, 0.25) is 0 Å². The first-order valence-electron chi connectivity index (χ1n) is 6.87. The Kier molecular flexibility index (Phi) is 5.39. The maximum absolute atomic E-state index is 5.76. The largest absolute Gasteiger partial charge is 0.393 e. The molecule has 0 aromatic rings.